The molecule has 1 aromatic carbocycles. The Bertz CT molecular complexity index is 660. The van der Waals surface area contributed by atoms with Gasteiger partial charge in [-0.25, -0.2) is 0 Å². The lowest BCUT2D eigenvalue weighted by Crippen LogP contribution is -2.30. The summed E-state index contributed by atoms with van der Waals surface area (Å²) < 4.78 is 4.94. The quantitative estimate of drug-likeness (QED) is 0.922. The van der Waals surface area contributed by atoms with E-state index in [0.29, 0.717) is 18.0 Å². The Labute approximate surface area is 136 Å². The molecule has 1 N–H and O–H groups in total. The monoisotopic (exact) mass is 313 g/mol. The van der Waals surface area contributed by atoms with Crippen LogP contribution < -0.4 is 5.32 Å². The lowest BCUT2D eigenvalue weighted by Gasteiger charge is -2.27. The summed E-state index contributed by atoms with van der Waals surface area (Å²) in [5.74, 6) is 0.440. The molecule has 0 radical (unpaired) electrons. The summed E-state index contributed by atoms with van der Waals surface area (Å²) in [7, 11) is 0. The molecule has 0 atom stereocenters. The Morgan fingerprint density at radius 2 is 1.96 bits per heavy atom. The van der Waals surface area contributed by atoms with E-state index in [-0.39, 0.29) is 5.91 Å². The highest BCUT2D eigenvalue weighted by Crippen LogP contribution is 2.16. The molecule has 1 aromatic heterocycles. The Kier molecular flexibility index (Phi) is 5.08. The maximum atomic E-state index is 12.1. The first kappa shape index (κ1) is 15.7. The third-order valence-electron chi connectivity index (χ3n) is 4.26. The van der Waals surface area contributed by atoms with Crippen molar-refractivity contribution >= 4 is 5.91 Å². The van der Waals surface area contributed by atoms with E-state index in [0.717, 1.165) is 12.1 Å². The van der Waals surface area contributed by atoms with Crippen LogP contribution in [0.4, 0.5) is 0 Å². The topological polar surface area (TPSA) is 58.4 Å². The molecule has 1 amide bonds. The van der Waals surface area contributed by atoms with E-state index in [1.807, 2.05) is 6.07 Å². The van der Waals surface area contributed by atoms with Gasteiger partial charge in [0.15, 0.2) is 5.69 Å². The molecule has 2 aromatic rings. The van der Waals surface area contributed by atoms with E-state index in [1.54, 1.807) is 13.0 Å². The summed E-state index contributed by atoms with van der Waals surface area (Å²) >= 11 is 0. The molecule has 1 fully saturated rings. The summed E-state index contributed by atoms with van der Waals surface area (Å²) in [5, 5.41) is 6.67. The average Bonchev–Trinajstić information content (AvgIpc) is 3.01. The van der Waals surface area contributed by atoms with Crippen LogP contribution in [0, 0.1) is 6.92 Å². The van der Waals surface area contributed by atoms with E-state index < -0.39 is 0 Å². The SMILES string of the molecule is Cc1cc(C(=O)NCc2ccccc2CN2CCCCC2)no1. The van der Waals surface area contributed by atoms with Crippen LogP contribution in [0.1, 0.15) is 46.6 Å². The molecule has 0 aliphatic carbocycles. The van der Waals surface area contributed by atoms with Gasteiger partial charge in [0.1, 0.15) is 5.76 Å². The zero-order valence-corrected chi connectivity index (χ0v) is 13.5. The van der Waals surface area contributed by atoms with Gasteiger partial charge in [0, 0.05) is 19.2 Å². The number of aryl methyl sites for hydroxylation is 1. The van der Waals surface area contributed by atoms with Crippen LogP contribution >= 0.6 is 0 Å². The van der Waals surface area contributed by atoms with E-state index in [4.69, 9.17) is 4.52 Å². The first-order chi connectivity index (χ1) is 11.2. The van der Waals surface area contributed by atoms with Gasteiger partial charge in [-0.05, 0) is 44.0 Å². The van der Waals surface area contributed by atoms with Crippen LogP contribution in [0.3, 0.4) is 0 Å². The number of piperidine rings is 1. The molecule has 5 heteroatoms. The first-order valence-electron chi connectivity index (χ1n) is 8.23. The Morgan fingerprint density at radius 3 is 2.65 bits per heavy atom. The number of benzene rings is 1. The van der Waals surface area contributed by atoms with Crippen LogP contribution in [-0.4, -0.2) is 29.1 Å². The van der Waals surface area contributed by atoms with E-state index in [1.165, 1.54) is 37.9 Å². The number of nitrogens with zero attached hydrogens (tertiary/aromatic N) is 2. The number of nitrogens with one attached hydrogen (secondary N) is 1. The molecule has 0 bridgehead atoms. The molecule has 3 rings (SSSR count). The number of carbonyl (C=O) groups excluding carboxylic acids is 1. The second-order valence-corrected chi connectivity index (χ2v) is 6.11. The minimum Gasteiger partial charge on any atom is -0.361 e. The fourth-order valence-corrected chi connectivity index (χ4v) is 2.98. The van der Waals surface area contributed by atoms with Crippen molar-refractivity contribution in [2.45, 2.75) is 39.3 Å². The van der Waals surface area contributed by atoms with Gasteiger partial charge >= 0.3 is 0 Å². The fraction of sp³-hybridized carbons (Fsp3) is 0.444. The van der Waals surface area contributed by atoms with Crippen molar-refractivity contribution in [1.82, 2.24) is 15.4 Å². The van der Waals surface area contributed by atoms with Gasteiger partial charge in [0.2, 0.25) is 0 Å². The molecule has 1 saturated heterocycles. The minimum atomic E-state index is -0.199. The molecule has 122 valence electrons. The van der Waals surface area contributed by atoms with E-state index >= 15 is 0 Å². The third kappa shape index (κ3) is 4.20. The highest BCUT2D eigenvalue weighted by atomic mass is 16.5. The van der Waals surface area contributed by atoms with E-state index in [9.17, 15) is 4.79 Å². The standard InChI is InChI=1S/C18H23N3O2/c1-14-11-17(20-23-14)18(22)19-12-15-7-3-4-8-16(15)13-21-9-5-2-6-10-21/h3-4,7-8,11H,2,5-6,9-10,12-13H2,1H3,(H,19,22). The van der Waals surface area contributed by atoms with Crippen molar-refractivity contribution in [2.75, 3.05) is 13.1 Å². The van der Waals surface area contributed by atoms with Crippen LogP contribution in [0.2, 0.25) is 0 Å². The maximum Gasteiger partial charge on any atom is 0.273 e. The number of aromatic nitrogens is 1. The molecule has 2 heterocycles. The maximum absolute atomic E-state index is 12.1. The number of rotatable bonds is 5. The first-order valence-corrected chi connectivity index (χ1v) is 8.23. The van der Waals surface area contributed by atoms with Gasteiger partial charge in [-0.3, -0.25) is 9.69 Å². The van der Waals surface area contributed by atoms with Gasteiger partial charge in [-0.1, -0.05) is 35.8 Å². The molecule has 5 nitrogen and oxygen atoms in total. The van der Waals surface area contributed by atoms with Crippen LogP contribution in [0.15, 0.2) is 34.9 Å². The minimum absolute atomic E-state index is 0.199. The van der Waals surface area contributed by atoms with Gasteiger partial charge in [-0.15, -0.1) is 0 Å². The lowest BCUT2D eigenvalue weighted by molar-refractivity contribution is 0.0941. The van der Waals surface area contributed by atoms with Crippen molar-refractivity contribution in [2.24, 2.45) is 0 Å². The molecular formula is C18H23N3O2. The van der Waals surface area contributed by atoms with Crippen LogP contribution in [-0.2, 0) is 13.1 Å². The lowest BCUT2D eigenvalue weighted by atomic mass is 10.0. The summed E-state index contributed by atoms with van der Waals surface area (Å²) in [5.41, 5.74) is 2.77. The Balaban J connectivity index is 1.62. The van der Waals surface area contributed by atoms with E-state index in [2.05, 4.69) is 33.6 Å². The normalized spacial score (nSPS) is 15.5. The fourth-order valence-electron chi connectivity index (χ4n) is 2.98. The molecule has 1 aliphatic rings. The van der Waals surface area contributed by atoms with Crippen molar-refractivity contribution in [3.63, 3.8) is 0 Å². The van der Waals surface area contributed by atoms with Gasteiger partial charge in [0.25, 0.3) is 5.91 Å². The van der Waals surface area contributed by atoms with Gasteiger partial charge in [0.05, 0.1) is 0 Å². The predicted octanol–water partition coefficient (Wildman–Crippen LogP) is 2.90. The number of hydrogen-bond donors (Lipinski definition) is 1. The molecule has 0 spiro atoms. The summed E-state index contributed by atoms with van der Waals surface area (Å²) in [6.07, 6.45) is 3.90. The van der Waals surface area contributed by atoms with Crippen molar-refractivity contribution in [1.29, 1.82) is 0 Å². The third-order valence-corrected chi connectivity index (χ3v) is 4.26. The highest BCUT2D eigenvalue weighted by molar-refractivity contribution is 5.92. The van der Waals surface area contributed by atoms with Crippen LogP contribution in [0.5, 0.6) is 0 Å². The van der Waals surface area contributed by atoms with Crippen LogP contribution in [0.25, 0.3) is 0 Å². The number of carbonyl (C=O) groups is 1. The zero-order chi connectivity index (χ0) is 16.1. The smallest absolute Gasteiger partial charge is 0.273 e. The molecule has 23 heavy (non-hydrogen) atoms. The van der Waals surface area contributed by atoms with Gasteiger partial charge < -0.3 is 9.84 Å². The van der Waals surface area contributed by atoms with Crippen molar-refractivity contribution in [3.8, 4) is 0 Å². The summed E-state index contributed by atoms with van der Waals surface area (Å²) in [6, 6.07) is 9.95. The molecule has 0 unspecified atom stereocenters. The Hall–Kier alpha value is -2.14. The number of hydrogen-bond acceptors (Lipinski definition) is 4. The summed E-state index contributed by atoms with van der Waals surface area (Å²) in [6.45, 7) is 5.57. The van der Waals surface area contributed by atoms with Crippen molar-refractivity contribution in [3.05, 3.63) is 52.9 Å². The zero-order valence-electron chi connectivity index (χ0n) is 13.5. The summed E-state index contributed by atoms with van der Waals surface area (Å²) in [4.78, 5) is 14.6. The molecule has 1 aliphatic heterocycles. The highest BCUT2D eigenvalue weighted by Gasteiger charge is 2.14. The second-order valence-electron chi connectivity index (χ2n) is 6.11. The average molecular weight is 313 g/mol. The number of likely N-dealkylation sites (tertiary alicyclic amines) is 1. The Morgan fingerprint density at radius 1 is 1.22 bits per heavy atom. The predicted molar refractivity (Wildman–Crippen MR) is 88.0 cm³/mol. The molecular weight excluding hydrogens is 290 g/mol. The van der Waals surface area contributed by atoms with Crippen molar-refractivity contribution < 1.29 is 9.32 Å². The molecule has 0 saturated carbocycles. The number of amides is 1. The second kappa shape index (κ2) is 7.42. The largest absolute Gasteiger partial charge is 0.361 e. The van der Waals surface area contributed by atoms with Gasteiger partial charge in [-0.2, -0.15) is 0 Å².